The first-order valence-corrected chi connectivity index (χ1v) is 7.88. The van der Waals surface area contributed by atoms with Crippen LogP contribution >= 0.6 is 0 Å². The normalized spacial score (nSPS) is 22.1. The Bertz CT molecular complexity index is 343. The maximum Gasteiger partial charge on any atom is 0.325 e. The van der Waals surface area contributed by atoms with Gasteiger partial charge in [-0.1, -0.05) is 33.6 Å². The summed E-state index contributed by atoms with van der Waals surface area (Å²) >= 11 is 0. The summed E-state index contributed by atoms with van der Waals surface area (Å²) in [5.41, 5.74) is 0. The molecule has 1 amide bonds. The van der Waals surface area contributed by atoms with Crippen molar-refractivity contribution < 1.29 is 19.1 Å². The van der Waals surface area contributed by atoms with Crippen LogP contribution in [0.4, 0.5) is 0 Å². The molecule has 21 heavy (non-hydrogen) atoms. The number of rotatable bonds is 7. The second-order valence-electron chi connectivity index (χ2n) is 6.45. The smallest absolute Gasteiger partial charge is 0.325 e. The van der Waals surface area contributed by atoms with Gasteiger partial charge in [0.15, 0.2) is 0 Å². The van der Waals surface area contributed by atoms with Crippen LogP contribution < -0.4 is 0 Å². The van der Waals surface area contributed by atoms with E-state index < -0.39 is 5.97 Å². The molecule has 0 heterocycles. The topological polar surface area (TPSA) is 55.8 Å². The summed E-state index contributed by atoms with van der Waals surface area (Å²) in [6, 6.07) is 0. The molecule has 1 aliphatic carbocycles. The Morgan fingerprint density at radius 2 is 2.00 bits per heavy atom. The Labute approximate surface area is 128 Å². The number of carbonyl (C=O) groups is 2. The summed E-state index contributed by atoms with van der Waals surface area (Å²) < 4.78 is 10.4. The molecule has 0 radical (unpaired) electrons. The van der Waals surface area contributed by atoms with Crippen LogP contribution in [0.3, 0.4) is 0 Å². The predicted octanol–water partition coefficient (Wildman–Crippen LogP) is 2.24. The fraction of sp³-hybridized carbons (Fsp3) is 0.875. The Morgan fingerprint density at radius 1 is 1.29 bits per heavy atom. The van der Waals surface area contributed by atoms with Gasteiger partial charge in [-0.3, -0.25) is 9.59 Å². The van der Waals surface area contributed by atoms with Gasteiger partial charge in [-0.05, 0) is 24.7 Å². The fourth-order valence-electron chi connectivity index (χ4n) is 2.73. The number of hydrogen-bond acceptors (Lipinski definition) is 4. The average Bonchev–Trinajstić information content (AvgIpc) is 2.43. The van der Waals surface area contributed by atoms with Crippen molar-refractivity contribution in [2.24, 2.45) is 11.8 Å². The quantitative estimate of drug-likeness (QED) is 0.677. The molecule has 1 rings (SSSR count). The van der Waals surface area contributed by atoms with E-state index >= 15 is 0 Å². The number of ether oxygens (including phenoxy) is 2. The Balaban J connectivity index is 2.45. The van der Waals surface area contributed by atoms with Gasteiger partial charge in [0.05, 0.1) is 13.2 Å². The molecule has 0 spiro atoms. The van der Waals surface area contributed by atoms with E-state index in [1.807, 2.05) is 13.8 Å². The van der Waals surface area contributed by atoms with E-state index in [0.717, 1.165) is 19.3 Å². The maximum absolute atomic E-state index is 12.2. The third-order valence-electron chi connectivity index (χ3n) is 3.82. The van der Waals surface area contributed by atoms with Gasteiger partial charge in [-0.15, -0.1) is 0 Å². The summed E-state index contributed by atoms with van der Waals surface area (Å²) in [5, 5.41) is 0. The molecule has 0 aromatic heterocycles. The zero-order chi connectivity index (χ0) is 15.8. The van der Waals surface area contributed by atoms with Gasteiger partial charge in [0, 0.05) is 6.54 Å². The monoisotopic (exact) mass is 299 g/mol. The van der Waals surface area contributed by atoms with E-state index in [-0.39, 0.29) is 25.2 Å². The predicted molar refractivity (Wildman–Crippen MR) is 80.8 cm³/mol. The number of esters is 1. The molecule has 1 fully saturated rings. The lowest BCUT2D eigenvalue weighted by molar-refractivity contribution is -0.150. The minimum absolute atomic E-state index is 0.00204. The number of nitrogens with zero attached hydrogens (tertiary/aromatic N) is 1. The van der Waals surface area contributed by atoms with Crippen molar-refractivity contribution >= 4 is 11.9 Å². The van der Waals surface area contributed by atoms with Gasteiger partial charge < -0.3 is 14.4 Å². The minimum atomic E-state index is -0.393. The van der Waals surface area contributed by atoms with E-state index in [1.165, 1.54) is 18.4 Å². The van der Waals surface area contributed by atoms with Crippen molar-refractivity contribution in [1.29, 1.82) is 0 Å². The summed E-state index contributed by atoms with van der Waals surface area (Å²) in [5.74, 6) is 0.441. The minimum Gasteiger partial charge on any atom is -0.468 e. The second kappa shape index (κ2) is 9.03. The molecular formula is C16H29NO4. The number of carbonyl (C=O) groups excluding carboxylic acids is 2. The molecule has 0 aromatic rings. The van der Waals surface area contributed by atoms with Crippen LogP contribution in [0, 0.1) is 11.8 Å². The lowest BCUT2D eigenvalue weighted by Gasteiger charge is -2.28. The highest BCUT2D eigenvalue weighted by molar-refractivity contribution is 5.82. The van der Waals surface area contributed by atoms with E-state index in [9.17, 15) is 9.59 Å². The molecule has 0 bridgehead atoms. The van der Waals surface area contributed by atoms with Gasteiger partial charge >= 0.3 is 5.97 Å². The molecule has 0 aromatic carbocycles. The molecular weight excluding hydrogens is 270 g/mol. The van der Waals surface area contributed by atoms with Crippen molar-refractivity contribution in [1.82, 2.24) is 4.90 Å². The summed E-state index contributed by atoms with van der Waals surface area (Å²) in [6.45, 7) is 6.85. The molecule has 2 atom stereocenters. The highest BCUT2D eigenvalue weighted by atomic mass is 16.5. The Hall–Kier alpha value is -1.10. The van der Waals surface area contributed by atoms with Crippen LogP contribution in [0.1, 0.15) is 46.5 Å². The first-order valence-electron chi connectivity index (χ1n) is 7.88. The van der Waals surface area contributed by atoms with Crippen molar-refractivity contribution in [3.63, 3.8) is 0 Å². The first kappa shape index (κ1) is 18.0. The lowest BCUT2D eigenvalue weighted by Crippen LogP contribution is -2.41. The Kier molecular flexibility index (Phi) is 7.72. The third kappa shape index (κ3) is 6.93. The molecule has 0 saturated heterocycles. The summed E-state index contributed by atoms with van der Waals surface area (Å²) in [4.78, 5) is 25.2. The van der Waals surface area contributed by atoms with Crippen molar-refractivity contribution in [3.05, 3.63) is 0 Å². The van der Waals surface area contributed by atoms with E-state index in [2.05, 4.69) is 11.7 Å². The number of hydrogen-bond donors (Lipinski definition) is 0. The highest BCUT2D eigenvalue weighted by Gasteiger charge is 2.23. The molecule has 0 N–H and O–H groups in total. The highest BCUT2D eigenvalue weighted by Crippen LogP contribution is 2.25. The Morgan fingerprint density at radius 3 is 2.57 bits per heavy atom. The van der Waals surface area contributed by atoms with Crippen molar-refractivity contribution in [3.8, 4) is 0 Å². The molecule has 5 heteroatoms. The molecule has 5 nitrogen and oxygen atoms in total. The SMILES string of the molecule is COC(=O)CN(CC(C)C)C(=O)CO[C@@H]1CCC[C@@H](C)C1. The fourth-order valence-corrected chi connectivity index (χ4v) is 2.73. The van der Waals surface area contributed by atoms with Gasteiger partial charge in [-0.2, -0.15) is 0 Å². The van der Waals surface area contributed by atoms with Gasteiger partial charge in [-0.25, -0.2) is 0 Å². The number of amides is 1. The standard InChI is InChI=1S/C16H29NO4/c1-12(2)9-17(10-16(19)20-4)15(18)11-21-14-7-5-6-13(3)8-14/h12-14H,5-11H2,1-4H3/t13-,14-/m1/s1. The van der Waals surface area contributed by atoms with Crippen LogP contribution in [0.25, 0.3) is 0 Å². The van der Waals surface area contributed by atoms with Gasteiger partial charge in [0.2, 0.25) is 5.91 Å². The summed E-state index contributed by atoms with van der Waals surface area (Å²) in [7, 11) is 1.33. The molecule has 122 valence electrons. The average molecular weight is 299 g/mol. The van der Waals surface area contributed by atoms with Crippen LogP contribution in [-0.4, -0.2) is 49.7 Å². The van der Waals surface area contributed by atoms with Crippen molar-refractivity contribution in [2.45, 2.75) is 52.6 Å². The number of methoxy groups -OCH3 is 1. The van der Waals surface area contributed by atoms with E-state index in [0.29, 0.717) is 18.4 Å². The first-order chi connectivity index (χ1) is 9.92. The van der Waals surface area contributed by atoms with Crippen molar-refractivity contribution in [2.75, 3.05) is 26.8 Å². The summed E-state index contributed by atoms with van der Waals surface area (Å²) in [6.07, 6.45) is 4.64. The third-order valence-corrected chi connectivity index (χ3v) is 3.82. The zero-order valence-corrected chi connectivity index (χ0v) is 13.8. The van der Waals surface area contributed by atoms with Crippen LogP contribution in [-0.2, 0) is 19.1 Å². The van der Waals surface area contributed by atoms with E-state index in [4.69, 9.17) is 4.74 Å². The van der Waals surface area contributed by atoms with Crippen LogP contribution in [0.15, 0.2) is 0 Å². The largest absolute Gasteiger partial charge is 0.468 e. The van der Waals surface area contributed by atoms with Gasteiger partial charge in [0.25, 0.3) is 0 Å². The van der Waals surface area contributed by atoms with Crippen LogP contribution in [0.5, 0.6) is 0 Å². The maximum atomic E-state index is 12.2. The van der Waals surface area contributed by atoms with Gasteiger partial charge in [0.1, 0.15) is 13.2 Å². The lowest BCUT2D eigenvalue weighted by atomic mass is 9.89. The zero-order valence-electron chi connectivity index (χ0n) is 13.8. The molecule has 1 aliphatic rings. The molecule has 0 unspecified atom stereocenters. The molecule has 0 aliphatic heterocycles. The van der Waals surface area contributed by atoms with Crippen LogP contribution in [0.2, 0.25) is 0 Å². The second-order valence-corrected chi connectivity index (χ2v) is 6.45. The van der Waals surface area contributed by atoms with E-state index in [1.54, 1.807) is 0 Å². The molecule has 1 saturated carbocycles.